The number of carbonyl (C=O) groups is 1. The molecule has 11 nitrogen and oxygen atoms in total. The summed E-state index contributed by atoms with van der Waals surface area (Å²) in [5.41, 5.74) is 2.86. The molecule has 1 fully saturated rings. The number of carbonyl (C=O) groups excluding carboxylic acids is 1. The van der Waals surface area contributed by atoms with Crippen LogP contribution in [0.15, 0.2) is 30.5 Å². The first-order valence-corrected chi connectivity index (χ1v) is 13.7. The maximum Gasteiger partial charge on any atom is 0.407 e. The lowest BCUT2D eigenvalue weighted by Gasteiger charge is -2.30. The van der Waals surface area contributed by atoms with E-state index in [0.29, 0.717) is 11.8 Å². The quantitative estimate of drug-likeness (QED) is 0.323. The van der Waals surface area contributed by atoms with Gasteiger partial charge in [0.05, 0.1) is 12.6 Å². The summed E-state index contributed by atoms with van der Waals surface area (Å²) in [5, 5.41) is 7.28. The Morgan fingerprint density at radius 2 is 1.76 bits per heavy atom. The molecule has 0 radical (unpaired) electrons. The predicted molar refractivity (Wildman–Crippen MR) is 147 cm³/mol. The Bertz CT molecular complexity index is 1390. The van der Waals surface area contributed by atoms with E-state index in [-0.39, 0.29) is 24.0 Å². The van der Waals surface area contributed by atoms with Gasteiger partial charge in [0.1, 0.15) is 11.4 Å². The number of hydrogen-bond acceptors (Lipinski definition) is 9. The molecule has 204 valence electrons. The zero-order valence-corrected chi connectivity index (χ0v) is 23.1. The van der Waals surface area contributed by atoms with Crippen molar-refractivity contribution in [2.24, 2.45) is 0 Å². The molecule has 0 bridgehead atoms. The van der Waals surface area contributed by atoms with E-state index in [4.69, 9.17) is 14.5 Å². The van der Waals surface area contributed by atoms with E-state index in [1.807, 2.05) is 39.8 Å². The summed E-state index contributed by atoms with van der Waals surface area (Å²) in [7, 11) is -1.33. The summed E-state index contributed by atoms with van der Waals surface area (Å²) < 4.78 is 35.0. The number of pyridine rings is 1. The molecule has 2 aromatic heterocycles. The van der Waals surface area contributed by atoms with E-state index in [9.17, 15) is 13.2 Å². The number of hydrogen-bond donors (Lipinski definition) is 4. The summed E-state index contributed by atoms with van der Waals surface area (Å²) in [6.07, 6.45) is 4.89. The van der Waals surface area contributed by atoms with E-state index < -0.39 is 16.5 Å². The van der Waals surface area contributed by atoms with Gasteiger partial charge in [-0.25, -0.2) is 23.2 Å². The van der Waals surface area contributed by atoms with Crippen LogP contribution in [0.4, 0.5) is 16.6 Å². The summed E-state index contributed by atoms with van der Waals surface area (Å²) in [4.78, 5) is 25.6. The van der Waals surface area contributed by atoms with Crippen LogP contribution in [0.5, 0.6) is 5.88 Å². The molecule has 0 spiro atoms. The maximum absolute atomic E-state index is 12.1. The van der Waals surface area contributed by atoms with Crippen molar-refractivity contribution in [2.45, 2.75) is 71.1 Å². The van der Waals surface area contributed by atoms with Crippen molar-refractivity contribution in [1.29, 1.82) is 0 Å². The van der Waals surface area contributed by atoms with Crippen LogP contribution >= 0.6 is 0 Å². The molecule has 1 aliphatic carbocycles. The van der Waals surface area contributed by atoms with Gasteiger partial charge in [-0.15, -0.1) is 0 Å². The van der Waals surface area contributed by atoms with Gasteiger partial charge >= 0.3 is 6.09 Å². The SMILES string of the molecule is COc1nc(N[SH](=O)=O)ccc1-c1cc(C)c2nc(NC3CCC(NC(=O)OC(C)(C)C)CC3)ncc2c1. The molecule has 3 N–H and O–H groups in total. The Balaban J connectivity index is 1.44. The highest BCUT2D eigenvalue weighted by molar-refractivity contribution is 7.73. The normalized spacial score (nSPS) is 17.7. The number of thiol groups is 1. The monoisotopic (exact) mass is 542 g/mol. The van der Waals surface area contributed by atoms with Gasteiger partial charge < -0.3 is 20.1 Å². The average Bonchev–Trinajstić information content (AvgIpc) is 2.84. The lowest BCUT2D eigenvalue weighted by molar-refractivity contribution is 0.0492. The number of ether oxygens (including phenoxy) is 2. The van der Waals surface area contributed by atoms with Gasteiger partial charge in [-0.05, 0) is 88.8 Å². The summed E-state index contributed by atoms with van der Waals surface area (Å²) in [5.74, 6) is 1.06. The fourth-order valence-corrected chi connectivity index (χ4v) is 4.87. The van der Waals surface area contributed by atoms with E-state index in [0.717, 1.165) is 53.3 Å². The highest BCUT2D eigenvalue weighted by atomic mass is 32.2. The largest absolute Gasteiger partial charge is 0.480 e. The fourth-order valence-electron chi connectivity index (χ4n) is 4.56. The first kappa shape index (κ1) is 27.4. The van der Waals surface area contributed by atoms with E-state index in [1.54, 1.807) is 18.3 Å². The number of anilines is 2. The molecule has 1 amide bonds. The van der Waals surface area contributed by atoms with Gasteiger partial charge in [0.2, 0.25) is 22.7 Å². The van der Waals surface area contributed by atoms with Gasteiger partial charge in [0.15, 0.2) is 0 Å². The molecule has 2 heterocycles. The lowest BCUT2D eigenvalue weighted by atomic mass is 9.91. The molecule has 0 atom stereocenters. The zero-order valence-electron chi connectivity index (χ0n) is 22.2. The molecule has 38 heavy (non-hydrogen) atoms. The minimum atomic E-state index is -2.82. The van der Waals surface area contributed by atoms with Crippen molar-refractivity contribution < 1.29 is 22.7 Å². The topological polar surface area (TPSA) is 144 Å². The maximum atomic E-state index is 12.1. The van der Waals surface area contributed by atoms with Crippen molar-refractivity contribution in [3.05, 3.63) is 36.0 Å². The fraction of sp³-hybridized carbons (Fsp3) is 0.462. The highest BCUT2D eigenvalue weighted by Gasteiger charge is 2.25. The van der Waals surface area contributed by atoms with Gasteiger partial charge in [0, 0.05) is 29.2 Å². The van der Waals surface area contributed by atoms with Crippen LogP contribution < -0.4 is 20.1 Å². The summed E-state index contributed by atoms with van der Waals surface area (Å²) in [6, 6.07) is 7.62. The molecule has 1 aromatic carbocycles. The van der Waals surface area contributed by atoms with Gasteiger partial charge in [-0.1, -0.05) is 0 Å². The third kappa shape index (κ3) is 7.00. The molecule has 1 aliphatic rings. The second kappa shape index (κ2) is 11.4. The second-order valence-electron chi connectivity index (χ2n) is 10.4. The van der Waals surface area contributed by atoms with E-state index in [2.05, 4.69) is 25.3 Å². The van der Waals surface area contributed by atoms with Crippen LogP contribution in [0.2, 0.25) is 0 Å². The van der Waals surface area contributed by atoms with Crippen LogP contribution in [0.1, 0.15) is 52.0 Å². The summed E-state index contributed by atoms with van der Waals surface area (Å²) >= 11 is 0. The third-order valence-corrected chi connectivity index (χ3v) is 6.64. The molecule has 3 aromatic rings. The molecule has 12 heteroatoms. The van der Waals surface area contributed by atoms with Crippen molar-refractivity contribution in [2.75, 3.05) is 17.1 Å². The Kier molecular flexibility index (Phi) is 8.20. The Labute approximate surface area is 223 Å². The number of benzene rings is 1. The standard InChI is InChI=1S/C26H34N6O5S/c1-15-12-16(20-10-11-21(32-38(34)35)30-23(20)36-5)13-17-14-27-24(31-22(15)17)28-18-6-8-19(9-7-18)29-25(33)37-26(2,3)4/h10-14,18-19,38H,6-9H2,1-5H3,(H,29,33)(H,27,28,31)(H,30,32,34,35). The van der Waals surface area contributed by atoms with Crippen molar-refractivity contribution >= 4 is 39.7 Å². The van der Waals surface area contributed by atoms with Crippen molar-refractivity contribution in [1.82, 2.24) is 20.3 Å². The number of alkyl carbamates (subject to hydrolysis) is 1. The second-order valence-corrected chi connectivity index (χ2v) is 11.1. The molecular formula is C26H34N6O5S. The number of rotatable bonds is 7. The Morgan fingerprint density at radius 1 is 1.05 bits per heavy atom. The minimum Gasteiger partial charge on any atom is -0.480 e. The van der Waals surface area contributed by atoms with Crippen molar-refractivity contribution in [3.63, 3.8) is 0 Å². The number of nitrogens with zero attached hydrogens (tertiary/aromatic N) is 3. The van der Waals surface area contributed by atoms with Gasteiger partial charge in [-0.2, -0.15) is 4.98 Å². The molecule has 0 unspecified atom stereocenters. The predicted octanol–water partition coefficient (Wildman–Crippen LogP) is 4.19. The summed E-state index contributed by atoms with van der Waals surface area (Å²) in [6.45, 7) is 7.54. The highest BCUT2D eigenvalue weighted by Crippen LogP contribution is 2.33. The number of aromatic nitrogens is 3. The van der Waals surface area contributed by atoms with E-state index in [1.165, 1.54) is 7.11 Å². The van der Waals surface area contributed by atoms with Crippen LogP contribution in [-0.2, 0) is 15.6 Å². The van der Waals surface area contributed by atoms with Crippen LogP contribution in [0, 0.1) is 6.92 Å². The smallest absolute Gasteiger partial charge is 0.407 e. The minimum absolute atomic E-state index is 0.0976. The lowest BCUT2D eigenvalue weighted by Crippen LogP contribution is -2.42. The van der Waals surface area contributed by atoms with E-state index >= 15 is 0 Å². The zero-order chi connectivity index (χ0) is 27.4. The van der Waals surface area contributed by atoms with Crippen LogP contribution in [0.25, 0.3) is 22.0 Å². The molecule has 4 rings (SSSR count). The number of aryl methyl sites for hydroxylation is 1. The average molecular weight is 543 g/mol. The Morgan fingerprint density at radius 3 is 2.42 bits per heavy atom. The Hall–Kier alpha value is -3.67. The molecular weight excluding hydrogens is 508 g/mol. The number of fused-ring (bicyclic) bond motifs is 1. The first-order chi connectivity index (χ1) is 18.0. The molecule has 0 saturated heterocycles. The third-order valence-electron chi connectivity index (χ3n) is 6.23. The van der Waals surface area contributed by atoms with Gasteiger partial charge in [-0.3, -0.25) is 4.72 Å². The van der Waals surface area contributed by atoms with Gasteiger partial charge in [0.25, 0.3) is 0 Å². The number of nitrogens with one attached hydrogen (secondary N) is 3. The molecule has 0 aliphatic heterocycles. The van der Waals surface area contributed by atoms with Crippen LogP contribution in [-0.4, -0.2) is 54.3 Å². The van der Waals surface area contributed by atoms with Crippen LogP contribution in [0.3, 0.4) is 0 Å². The number of methoxy groups -OCH3 is 1. The first-order valence-electron chi connectivity index (χ1n) is 12.5. The number of amides is 1. The van der Waals surface area contributed by atoms with Crippen molar-refractivity contribution in [3.8, 4) is 17.0 Å². The molecule has 1 saturated carbocycles.